The number of rotatable bonds is 9. The lowest BCUT2D eigenvalue weighted by molar-refractivity contribution is -0.0199. The molecule has 0 radical (unpaired) electrons. The van der Waals surface area contributed by atoms with Crippen LogP contribution in [0.4, 0.5) is 8.78 Å². The summed E-state index contributed by atoms with van der Waals surface area (Å²) in [6, 6.07) is 8.27. The van der Waals surface area contributed by atoms with E-state index in [0.717, 1.165) is 24.8 Å². The molecule has 1 fully saturated rings. The molecule has 1 aliphatic rings. The highest BCUT2D eigenvalue weighted by Crippen LogP contribution is 2.35. The largest absolute Gasteiger partial charge is 0.507 e. The highest BCUT2D eigenvalue weighted by molar-refractivity contribution is 5.99. The van der Waals surface area contributed by atoms with E-state index in [1.807, 2.05) is 6.07 Å². The van der Waals surface area contributed by atoms with Crippen molar-refractivity contribution in [2.45, 2.75) is 58.7 Å². The first-order valence-electron chi connectivity index (χ1n) is 10.9. The second-order valence-electron chi connectivity index (χ2n) is 8.09. The third kappa shape index (κ3) is 5.62. The van der Waals surface area contributed by atoms with Crippen LogP contribution < -0.4 is 4.74 Å². The lowest BCUT2D eigenvalue weighted by Gasteiger charge is -2.29. The van der Waals surface area contributed by atoms with Gasteiger partial charge in [-0.1, -0.05) is 12.1 Å². The van der Waals surface area contributed by atoms with Crippen molar-refractivity contribution < 1.29 is 28.2 Å². The number of phenols is 1. The topological polar surface area (TPSA) is 55.8 Å². The normalized spacial score (nSPS) is 18.7. The van der Waals surface area contributed by atoms with Gasteiger partial charge in [-0.25, -0.2) is 8.78 Å². The van der Waals surface area contributed by atoms with E-state index in [9.17, 15) is 18.7 Å². The second kappa shape index (κ2) is 10.7. The fourth-order valence-electron chi connectivity index (χ4n) is 4.05. The molecule has 1 heterocycles. The molecule has 6 heteroatoms. The molecule has 2 aromatic rings. The molecule has 2 atom stereocenters. The standard InChI is InChI=1S/C25H30F2O4/c1-3-30-24-12-10-19(25(29)20(24)14-26)22(28)6-4-5-17-8-11-23(31-15-17)18-9-7-16(2)21(27)13-18/h7,9-10,12-13,17,23,29H,3-6,8,11,14-15H2,1-2H3. The average molecular weight is 433 g/mol. The molecule has 2 aromatic carbocycles. The Balaban J connectivity index is 1.49. The number of ketones is 1. The van der Waals surface area contributed by atoms with Gasteiger partial charge in [0.25, 0.3) is 0 Å². The van der Waals surface area contributed by atoms with Crippen LogP contribution in [-0.4, -0.2) is 24.1 Å². The molecule has 2 unspecified atom stereocenters. The Kier molecular flexibility index (Phi) is 8.02. The highest BCUT2D eigenvalue weighted by Gasteiger charge is 2.24. The van der Waals surface area contributed by atoms with Gasteiger partial charge in [-0.3, -0.25) is 4.79 Å². The summed E-state index contributed by atoms with van der Waals surface area (Å²) in [6.45, 7) is 3.54. The van der Waals surface area contributed by atoms with E-state index < -0.39 is 6.67 Å². The fraction of sp³-hybridized carbons (Fsp3) is 0.480. The Bertz CT molecular complexity index is 905. The molecule has 4 nitrogen and oxygen atoms in total. The van der Waals surface area contributed by atoms with Gasteiger partial charge in [-0.2, -0.15) is 0 Å². The summed E-state index contributed by atoms with van der Waals surface area (Å²) in [7, 11) is 0. The maximum absolute atomic E-state index is 13.8. The van der Waals surface area contributed by atoms with Gasteiger partial charge < -0.3 is 14.6 Å². The summed E-state index contributed by atoms with van der Waals surface area (Å²) in [4.78, 5) is 12.6. The summed E-state index contributed by atoms with van der Waals surface area (Å²) < 4.78 is 38.4. The van der Waals surface area contributed by atoms with E-state index in [0.29, 0.717) is 31.1 Å². The lowest BCUT2D eigenvalue weighted by atomic mass is 9.90. The zero-order valence-electron chi connectivity index (χ0n) is 18.1. The Morgan fingerprint density at radius 1 is 1.26 bits per heavy atom. The molecule has 168 valence electrons. The van der Waals surface area contributed by atoms with Gasteiger partial charge in [0.1, 0.15) is 24.0 Å². The molecular weight excluding hydrogens is 402 g/mol. The Morgan fingerprint density at radius 2 is 2.06 bits per heavy atom. The molecule has 0 spiro atoms. The monoisotopic (exact) mass is 432 g/mol. The summed E-state index contributed by atoms with van der Waals surface area (Å²) in [5.41, 5.74) is 1.65. The molecule has 3 rings (SSSR count). The number of hydrogen-bond acceptors (Lipinski definition) is 4. The van der Waals surface area contributed by atoms with E-state index in [-0.39, 0.29) is 46.8 Å². The average Bonchev–Trinajstić information content (AvgIpc) is 2.76. The van der Waals surface area contributed by atoms with Crippen LogP contribution in [0, 0.1) is 18.7 Å². The number of Topliss-reactive ketones (excluding diaryl/α,β-unsaturated/α-hetero) is 1. The van der Waals surface area contributed by atoms with Gasteiger partial charge in [0.2, 0.25) is 0 Å². The van der Waals surface area contributed by atoms with Crippen LogP contribution in [0.1, 0.15) is 72.2 Å². The number of benzene rings is 2. The van der Waals surface area contributed by atoms with Crippen molar-refractivity contribution in [3.05, 3.63) is 58.4 Å². The predicted molar refractivity (Wildman–Crippen MR) is 115 cm³/mol. The predicted octanol–water partition coefficient (Wildman–Crippen LogP) is 6.23. The van der Waals surface area contributed by atoms with Crippen molar-refractivity contribution in [1.29, 1.82) is 0 Å². The van der Waals surface area contributed by atoms with Gasteiger partial charge in [-0.05, 0) is 74.8 Å². The third-order valence-electron chi connectivity index (χ3n) is 5.93. The molecule has 1 saturated heterocycles. The van der Waals surface area contributed by atoms with Crippen LogP contribution in [0.3, 0.4) is 0 Å². The minimum atomic E-state index is -0.895. The molecule has 31 heavy (non-hydrogen) atoms. The maximum atomic E-state index is 13.8. The van der Waals surface area contributed by atoms with Crippen molar-refractivity contribution >= 4 is 5.78 Å². The van der Waals surface area contributed by atoms with Crippen LogP contribution >= 0.6 is 0 Å². The smallest absolute Gasteiger partial charge is 0.166 e. The zero-order chi connectivity index (χ0) is 22.4. The second-order valence-corrected chi connectivity index (χ2v) is 8.09. The van der Waals surface area contributed by atoms with E-state index in [4.69, 9.17) is 9.47 Å². The Hall–Kier alpha value is -2.47. The van der Waals surface area contributed by atoms with Gasteiger partial charge >= 0.3 is 0 Å². The SMILES string of the molecule is CCOc1ccc(C(=O)CCCC2CCC(c3ccc(C)c(F)c3)OC2)c(O)c1CF. The minimum Gasteiger partial charge on any atom is -0.507 e. The van der Waals surface area contributed by atoms with Gasteiger partial charge in [0.05, 0.1) is 30.4 Å². The number of carbonyl (C=O) groups excluding carboxylic acids is 1. The first-order chi connectivity index (χ1) is 14.9. The number of aryl methyl sites for hydroxylation is 1. The lowest BCUT2D eigenvalue weighted by Crippen LogP contribution is -2.21. The van der Waals surface area contributed by atoms with Gasteiger partial charge in [0.15, 0.2) is 5.78 Å². The molecule has 1 aliphatic heterocycles. The van der Waals surface area contributed by atoms with E-state index in [2.05, 4.69) is 0 Å². The summed E-state index contributed by atoms with van der Waals surface area (Å²) in [5.74, 6) is -0.140. The van der Waals surface area contributed by atoms with E-state index in [1.54, 1.807) is 26.0 Å². The number of ether oxygens (including phenoxy) is 2. The van der Waals surface area contributed by atoms with E-state index >= 15 is 0 Å². The van der Waals surface area contributed by atoms with Crippen molar-refractivity contribution in [2.75, 3.05) is 13.2 Å². The van der Waals surface area contributed by atoms with Gasteiger partial charge in [-0.15, -0.1) is 0 Å². The quantitative estimate of drug-likeness (QED) is 0.477. The molecule has 1 N–H and O–H groups in total. The van der Waals surface area contributed by atoms with Crippen molar-refractivity contribution in [2.24, 2.45) is 5.92 Å². The first kappa shape index (κ1) is 23.2. The highest BCUT2D eigenvalue weighted by atomic mass is 19.1. The molecular formula is C25H30F2O4. The first-order valence-corrected chi connectivity index (χ1v) is 10.9. The van der Waals surface area contributed by atoms with Crippen molar-refractivity contribution in [3.8, 4) is 11.5 Å². The number of phenolic OH excluding ortho intramolecular Hbond substituents is 1. The number of halogens is 2. The van der Waals surface area contributed by atoms with Gasteiger partial charge in [0, 0.05) is 6.42 Å². The fourth-order valence-corrected chi connectivity index (χ4v) is 4.05. The maximum Gasteiger partial charge on any atom is 0.166 e. The summed E-state index contributed by atoms with van der Waals surface area (Å²) in [6.07, 6.45) is 3.45. The molecule has 0 saturated carbocycles. The number of carbonyl (C=O) groups is 1. The Morgan fingerprint density at radius 3 is 2.71 bits per heavy atom. The van der Waals surface area contributed by atoms with Crippen molar-refractivity contribution in [1.82, 2.24) is 0 Å². The van der Waals surface area contributed by atoms with Crippen LogP contribution in [0.25, 0.3) is 0 Å². The number of alkyl halides is 1. The zero-order valence-corrected chi connectivity index (χ0v) is 18.1. The number of aromatic hydroxyl groups is 1. The summed E-state index contributed by atoms with van der Waals surface area (Å²) in [5, 5.41) is 10.3. The number of hydrogen-bond donors (Lipinski definition) is 1. The molecule has 0 aliphatic carbocycles. The minimum absolute atomic E-state index is 0.0203. The van der Waals surface area contributed by atoms with Crippen LogP contribution in [0.5, 0.6) is 11.5 Å². The van der Waals surface area contributed by atoms with Crippen LogP contribution in [0.2, 0.25) is 0 Å². The van der Waals surface area contributed by atoms with Crippen LogP contribution in [0.15, 0.2) is 30.3 Å². The third-order valence-corrected chi connectivity index (χ3v) is 5.93. The molecule has 0 aromatic heterocycles. The van der Waals surface area contributed by atoms with Crippen molar-refractivity contribution in [3.63, 3.8) is 0 Å². The van der Waals surface area contributed by atoms with Crippen LogP contribution in [-0.2, 0) is 11.4 Å². The summed E-state index contributed by atoms with van der Waals surface area (Å²) >= 11 is 0. The molecule has 0 amide bonds. The Labute approximate surface area is 182 Å². The van der Waals surface area contributed by atoms with E-state index in [1.165, 1.54) is 12.1 Å². The molecule has 0 bridgehead atoms.